The van der Waals surface area contributed by atoms with Gasteiger partial charge in [0.05, 0.1) is 12.9 Å². The van der Waals surface area contributed by atoms with E-state index in [0.29, 0.717) is 11.5 Å². The molecule has 6 heteroatoms. The molecule has 1 heterocycles. The monoisotopic (exact) mass is 421 g/mol. The Kier molecular flexibility index (Phi) is 10.5. The number of imidazole rings is 1. The van der Waals surface area contributed by atoms with E-state index in [9.17, 15) is 0 Å². The topological polar surface area (TPSA) is 54.2 Å². The van der Waals surface area contributed by atoms with Gasteiger partial charge in [0, 0.05) is 31.5 Å². The highest BCUT2D eigenvalue weighted by Crippen LogP contribution is 2.21. The molecule has 0 fully saturated rings. The maximum atomic E-state index is 4.62. The maximum Gasteiger partial charge on any atom is 0.191 e. The third-order valence-corrected chi connectivity index (χ3v) is 3.24. The van der Waals surface area contributed by atoms with E-state index in [1.165, 1.54) is 6.42 Å². The fourth-order valence-corrected chi connectivity index (χ4v) is 1.97. The fraction of sp³-hybridized carbons (Fsp3) is 0.750. The van der Waals surface area contributed by atoms with Crippen molar-refractivity contribution in [3.8, 4) is 0 Å². The number of hydrogen-bond acceptors (Lipinski definition) is 2. The standard InChI is InChI=1S/C16H31N5.HI/c1-6-18-15(19-10-12-21-11-9-17-13-21)20-14(2)7-8-16(3,4)5;/h9,11,13-14H,6-8,10,12H2,1-5H3,(H2,18,19,20);1H. The lowest BCUT2D eigenvalue weighted by molar-refractivity contribution is 0.346. The van der Waals surface area contributed by atoms with Crippen LogP contribution in [-0.2, 0) is 6.54 Å². The smallest absolute Gasteiger partial charge is 0.191 e. The van der Waals surface area contributed by atoms with Crippen LogP contribution in [0.15, 0.2) is 23.7 Å². The number of aliphatic imine (C=N–C) groups is 1. The van der Waals surface area contributed by atoms with E-state index in [-0.39, 0.29) is 24.0 Å². The Morgan fingerprint density at radius 1 is 1.36 bits per heavy atom. The summed E-state index contributed by atoms with van der Waals surface area (Å²) >= 11 is 0. The Morgan fingerprint density at radius 3 is 2.64 bits per heavy atom. The van der Waals surface area contributed by atoms with Crippen LogP contribution >= 0.6 is 24.0 Å². The Labute approximate surface area is 152 Å². The summed E-state index contributed by atoms with van der Waals surface area (Å²) in [6.45, 7) is 13.6. The molecular weight excluding hydrogens is 389 g/mol. The molecule has 0 saturated carbocycles. The molecule has 5 nitrogen and oxygen atoms in total. The van der Waals surface area contributed by atoms with Crippen LogP contribution in [0.2, 0.25) is 0 Å². The molecule has 0 aliphatic rings. The van der Waals surface area contributed by atoms with Crippen molar-refractivity contribution in [2.24, 2.45) is 10.4 Å². The maximum absolute atomic E-state index is 4.62. The number of hydrogen-bond donors (Lipinski definition) is 2. The van der Waals surface area contributed by atoms with Gasteiger partial charge in [-0.3, -0.25) is 4.99 Å². The molecule has 1 rings (SSSR count). The SMILES string of the molecule is CCNC(=NCCn1ccnc1)NC(C)CCC(C)(C)C.I. The summed E-state index contributed by atoms with van der Waals surface area (Å²) in [4.78, 5) is 8.65. The zero-order valence-corrected chi connectivity index (χ0v) is 16.9. The van der Waals surface area contributed by atoms with E-state index in [1.54, 1.807) is 6.20 Å². The number of rotatable bonds is 7. The fourth-order valence-electron chi connectivity index (χ4n) is 1.97. The first-order valence-corrected chi connectivity index (χ1v) is 7.91. The third kappa shape index (κ3) is 10.0. The average molecular weight is 421 g/mol. The van der Waals surface area contributed by atoms with Crippen LogP contribution < -0.4 is 10.6 Å². The molecule has 0 bridgehead atoms. The van der Waals surface area contributed by atoms with Gasteiger partial charge in [0.2, 0.25) is 0 Å². The summed E-state index contributed by atoms with van der Waals surface area (Å²) in [5, 5.41) is 6.79. The molecule has 1 unspecified atom stereocenters. The van der Waals surface area contributed by atoms with Crippen LogP contribution in [0.1, 0.15) is 47.5 Å². The number of nitrogens with zero attached hydrogens (tertiary/aromatic N) is 3. The van der Waals surface area contributed by atoms with Crippen molar-refractivity contribution in [3.63, 3.8) is 0 Å². The van der Waals surface area contributed by atoms with Crippen LogP contribution in [0.25, 0.3) is 0 Å². The molecule has 0 aliphatic carbocycles. The lowest BCUT2D eigenvalue weighted by Gasteiger charge is -2.23. The molecule has 1 aromatic rings. The molecule has 0 amide bonds. The molecule has 0 aromatic carbocycles. The van der Waals surface area contributed by atoms with Gasteiger partial charge in [-0.2, -0.15) is 0 Å². The first-order valence-electron chi connectivity index (χ1n) is 7.91. The molecule has 22 heavy (non-hydrogen) atoms. The molecule has 2 N–H and O–H groups in total. The number of nitrogens with one attached hydrogen (secondary N) is 2. The van der Waals surface area contributed by atoms with Gasteiger partial charge in [0.25, 0.3) is 0 Å². The highest BCUT2D eigenvalue weighted by atomic mass is 127. The van der Waals surface area contributed by atoms with E-state index >= 15 is 0 Å². The second-order valence-corrected chi connectivity index (χ2v) is 6.71. The molecular formula is C16H32IN5. The quantitative estimate of drug-likeness (QED) is 0.404. The van der Waals surface area contributed by atoms with Crippen molar-refractivity contribution >= 4 is 29.9 Å². The van der Waals surface area contributed by atoms with Gasteiger partial charge in [-0.25, -0.2) is 4.98 Å². The molecule has 1 aromatic heterocycles. The second-order valence-electron chi connectivity index (χ2n) is 6.71. The first kappa shape index (κ1) is 21.2. The van der Waals surface area contributed by atoms with Crippen LogP contribution in [0.5, 0.6) is 0 Å². The van der Waals surface area contributed by atoms with Crippen LogP contribution in [0.4, 0.5) is 0 Å². The zero-order chi connectivity index (χ0) is 15.7. The van der Waals surface area contributed by atoms with Gasteiger partial charge in [-0.15, -0.1) is 24.0 Å². The lowest BCUT2D eigenvalue weighted by atomic mass is 9.89. The third-order valence-electron chi connectivity index (χ3n) is 3.24. The predicted octanol–water partition coefficient (Wildman–Crippen LogP) is 3.27. The normalized spacial score (nSPS) is 13.4. The second kappa shape index (κ2) is 10.9. The van der Waals surface area contributed by atoms with E-state index in [4.69, 9.17) is 0 Å². The number of aromatic nitrogens is 2. The van der Waals surface area contributed by atoms with Gasteiger partial charge in [-0.1, -0.05) is 20.8 Å². The minimum atomic E-state index is 0. The summed E-state index contributed by atoms with van der Waals surface area (Å²) in [5.41, 5.74) is 0.382. The van der Waals surface area contributed by atoms with Crippen LogP contribution in [0, 0.1) is 5.41 Å². The minimum Gasteiger partial charge on any atom is -0.357 e. The zero-order valence-electron chi connectivity index (χ0n) is 14.6. The molecule has 1 atom stereocenters. The largest absolute Gasteiger partial charge is 0.357 e. The van der Waals surface area contributed by atoms with Crippen molar-refractivity contribution in [3.05, 3.63) is 18.7 Å². The van der Waals surface area contributed by atoms with Crippen molar-refractivity contribution in [1.82, 2.24) is 20.2 Å². The molecule has 0 saturated heterocycles. The molecule has 128 valence electrons. The van der Waals surface area contributed by atoms with Gasteiger partial charge in [0.1, 0.15) is 0 Å². The highest BCUT2D eigenvalue weighted by molar-refractivity contribution is 14.0. The summed E-state index contributed by atoms with van der Waals surface area (Å²) in [5.74, 6) is 0.902. The number of guanidine groups is 1. The predicted molar refractivity (Wildman–Crippen MR) is 105 cm³/mol. The average Bonchev–Trinajstić information content (AvgIpc) is 2.89. The van der Waals surface area contributed by atoms with Crippen molar-refractivity contribution in [2.75, 3.05) is 13.1 Å². The summed E-state index contributed by atoms with van der Waals surface area (Å²) in [7, 11) is 0. The first-order chi connectivity index (χ1) is 9.90. The number of halogens is 1. The Hall–Kier alpha value is -0.790. The van der Waals surface area contributed by atoms with Gasteiger partial charge in [0.15, 0.2) is 5.96 Å². The Morgan fingerprint density at radius 2 is 2.09 bits per heavy atom. The van der Waals surface area contributed by atoms with Crippen molar-refractivity contribution in [1.29, 1.82) is 0 Å². The van der Waals surface area contributed by atoms with Crippen molar-refractivity contribution < 1.29 is 0 Å². The van der Waals surface area contributed by atoms with E-state index in [0.717, 1.165) is 32.0 Å². The van der Waals surface area contributed by atoms with Gasteiger partial charge < -0.3 is 15.2 Å². The minimum absolute atomic E-state index is 0. The summed E-state index contributed by atoms with van der Waals surface area (Å²) in [6, 6.07) is 0.426. The van der Waals surface area contributed by atoms with E-state index < -0.39 is 0 Å². The molecule has 0 spiro atoms. The summed E-state index contributed by atoms with van der Waals surface area (Å²) < 4.78 is 2.04. The van der Waals surface area contributed by atoms with E-state index in [1.807, 2.05) is 17.1 Å². The lowest BCUT2D eigenvalue weighted by Crippen LogP contribution is -2.42. The van der Waals surface area contributed by atoms with Gasteiger partial charge >= 0.3 is 0 Å². The Balaban J connectivity index is 0.00000441. The van der Waals surface area contributed by atoms with E-state index in [2.05, 4.69) is 55.2 Å². The van der Waals surface area contributed by atoms with Crippen LogP contribution in [-0.4, -0.2) is 34.6 Å². The van der Waals surface area contributed by atoms with Crippen molar-refractivity contribution in [2.45, 2.75) is 60.0 Å². The molecule has 0 radical (unpaired) electrons. The van der Waals surface area contributed by atoms with Gasteiger partial charge in [-0.05, 0) is 32.1 Å². The van der Waals surface area contributed by atoms with Crippen LogP contribution in [0.3, 0.4) is 0 Å². The Bertz CT molecular complexity index is 409. The summed E-state index contributed by atoms with van der Waals surface area (Å²) in [6.07, 6.45) is 7.93. The highest BCUT2D eigenvalue weighted by Gasteiger charge is 2.13. The molecule has 0 aliphatic heterocycles.